The largest absolute Gasteiger partial charge is 0.436 e. The van der Waals surface area contributed by atoms with Crippen LogP contribution in [0.25, 0.3) is 177 Å². The second-order valence-corrected chi connectivity index (χ2v) is 24.0. The van der Waals surface area contributed by atoms with Crippen molar-refractivity contribution in [2.75, 3.05) is 0 Å². The van der Waals surface area contributed by atoms with Gasteiger partial charge in [-0.2, -0.15) is 5.26 Å². The second-order valence-electron chi connectivity index (χ2n) is 24.0. The highest BCUT2D eigenvalue weighted by atomic mass is 16.3. The van der Waals surface area contributed by atoms with Crippen LogP contribution in [0.4, 0.5) is 0 Å². The summed E-state index contributed by atoms with van der Waals surface area (Å²) in [4.78, 5) is 5.35. The summed E-state index contributed by atoms with van der Waals surface area (Å²) in [5.74, 6) is 0.355. The molecule has 0 aliphatic rings. The van der Waals surface area contributed by atoms with Crippen molar-refractivity contribution in [1.82, 2.24) is 23.3 Å². The number of hydrogen-bond donors (Lipinski definition) is 0. The zero-order valence-corrected chi connectivity index (χ0v) is 50.1. The molecule has 0 N–H and O–H groups in total. The molecule has 5 aromatic heterocycles. The first-order valence-electron chi connectivity index (χ1n) is 31.5. The van der Waals surface area contributed by atoms with Crippen LogP contribution in [0, 0.1) is 11.3 Å². The van der Waals surface area contributed by atoms with Crippen molar-refractivity contribution in [1.29, 1.82) is 5.26 Å². The van der Waals surface area contributed by atoms with Gasteiger partial charge < -0.3 is 22.7 Å². The smallest absolute Gasteiger partial charge is 0.229 e. The maximum atomic E-state index is 12.5. The molecule has 0 radical (unpaired) electrons. The molecule has 0 aliphatic carbocycles. The molecular weight excluding hydrogens is 1130 g/mol. The van der Waals surface area contributed by atoms with Gasteiger partial charge in [0.1, 0.15) is 11.6 Å². The molecule has 14 aromatic carbocycles. The molecule has 19 aromatic rings. The molecule has 0 saturated heterocycles. The Morgan fingerprint density at radius 3 is 0.763 bits per heavy atom. The van der Waals surface area contributed by atoms with Gasteiger partial charge in [0, 0.05) is 77.0 Å². The summed E-state index contributed by atoms with van der Waals surface area (Å²) in [7, 11) is 0. The Morgan fingerprint density at radius 2 is 0.484 bits per heavy atom. The van der Waals surface area contributed by atoms with Crippen LogP contribution in [0.2, 0.25) is 0 Å². The lowest BCUT2D eigenvalue weighted by Gasteiger charge is -2.25. The predicted octanol–water partition coefficient (Wildman–Crippen LogP) is 22.4. The molecule has 19 rings (SSSR count). The Balaban J connectivity index is 0.923. The maximum absolute atomic E-state index is 12.5. The van der Waals surface area contributed by atoms with E-state index in [0.29, 0.717) is 28.1 Å². The van der Waals surface area contributed by atoms with Crippen molar-refractivity contribution < 1.29 is 4.42 Å². The fraction of sp³-hybridized carbons (Fsp3) is 0. The van der Waals surface area contributed by atoms with Crippen molar-refractivity contribution in [3.05, 3.63) is 321 Å². The van der Waals surface area contributed by atoms with Crippen molar-refractivity contribution >= 4 is 98.3 Å². The van der Waals surface area contributed by atoms with E-state index >= 15 is 0 Å². The summed E-state index contributed by atoms with van der Waals surface area (Å²) in [5, 5.41) is 22.0. The van der Waals surface area contributed by atoms with Gasteiger partial charge in [-0.3, -0.25) is 0 Å². The first-order chi connectivity index (χ1) is 46.1. The van der Waals surface area contributed by atoms with Crippen LogP contribution >= 0.6 is 0 Å². The number of fused-ring (bicyclic) bond motifs is 13. The number of benzene rings is 14. The number of aromatic nitrogens is 5. The van der Waals surface area contributed by atoms with E-state index in [9.17, 15) is 5.26 Å². The topological polar surface area (TPSA) is 69.5 Å². The van der Waals surface area contributed by atoms with Crippen LogP contribution < -0.4 is 0 Å². The van der Waals surface area contributed by atoms with E-state index in [0.717, 1.165) is 111 Å². The van der Waals surface area contributed by atoms with Crippen LogP contribution in [-0.4, -0.2) is 23.3 Å². The second kappa shape index (κ2) is 20.7. The third kappa shape index (κ3) is 7.92. The van der Waals surface area contributed by atoms with Gasteiger partial charge >= 0.3 is 0 Å². The third-order valence-electron chi connectivity index (χ3n) is 19.1. The van der Waals surface area contributed by atoms with Crippen LogP contribution in [-0.2, 0) is 0 Å². The first kappa shape index (κ1) is 52.2. The molecule has 0 saturated carbocycles. The molecule has 0 atom stereocenters. The Bertz CT molecular complexity index is 6040. The molecule has 0 unspecified atom stereocenters. The van der Waals surface area contributed by atoms with E-state index in [-0.39, 0.29) is 0 Å². The molecule has 0 spiro atoms. The number of para-hydroxylation sites is 10. The highest BCUT2D eigenvalue weighted by Gasteiger charge is 2.32. The summed E-state index contributed by atoms with van der Waals surface area (Å²) < 4.78 is 16.4. The molecule has 0 amide bonds. The fourth-order valence-electron chi connectivity index (χ4n) is 15.1. The van der Waals surface area contributed by atoms with Gasteiger partial charge in [0.05, 0.1) is 55.3 Å². The first-order valence-corrected chi connectivity index (χ1v) is 31.5. The minimum Gasteiger partial charge on any atom is -0.436 e. The molecule has 7 heteroatoms. The summed E-state index contributed by atoms with van der Waals surface area (Å²) in [5.41, 5.74) is 22.5. The van der Waals surface area contributed by atoms with Gasteiger partial charge in [-0.15, -0.1) is 0 Å². The quantitative estimate of drug-likeness (QED) is 0.145. The molecule has 7 nitrogen and oxygen atoms in total. The Labute approximate surface area is 534 Å². The van der Waals surface area contributed by atoms with Gasteiger partial charge in [0.25, 0.3) is 0 Å². The van der Waals surface area contributed by atoms with E-state index in [4.69, 9.17) is 9.40 Å². The monoisotopic (exact) mass is 1180 g/mol. The number of nitrogens with zero attached hydrogens (tertiary/aromatic N) is 6. The molecule has 93 heavy (non-hydrogen) atoms. The Morgan fingerprint density at radius 1 is 0.247 bits per heavy atom. The average molecular weight is 1190 g/mol. The van der Waals surface area contributed by atoms with Crippen molar-refractivity contribution in [2.45, 2.75) is 0 Å². The molecule has 0 bridgehead atoms. The van der Waals surface area contributed by atoms with Gasteiger partial charge in [0.2, 0.25) is 5.89 Å². The lowest BCUT2D eigenvalue weighted by atomic mass is 9.77. The summed E-state index contributed by atoms with van der Waals surface area (Å²) in [6, 6.07) is 115. The molecule has 5 heterocycles. The minimum absolute atomic E-state index is 0.355. The van der Waals surface area contributed by atoms with Gasteiger partial charge in [-0.05, 0) is 143 Å². The van der Waals surface area contributed by atoms with Gasteiger partial charge in [-0.25, -0.2) is 4.98 Å². The van der Waals surface area contributed by atoms with E-state index in [1.165, 1.54) is 43.1 Å². The SMILES string of the molecule is N#Cc1c(-c2ccc(-n3c4ccccc4c4ccccc43)cc2)c(-c2ccc(-n3c4ccccc4c4ccccc43)cc2)c(-c2ccc(-n3c4ccccc4c4ccccc43)cc2)c(-c2ccc(-n3c4ccccc4c4ccccc43)cc2)c1-c1nc2ccccc2o1. The number of hydrogen-bond acceptors (Lipinski definition) is 3. The zero-order valence-electron chi connectivity index (χ0n) is 50.1. The third-order valence-corrected chi connectivity index (χ3v) is 19.1. The predicted molar refractivity (Wildman–Crippen MR) is 383 cm³/mol. The molecule has 432 valence electrons. The zero-order chi connectivity index (χ0) is 61.3. The summed E-state index contributed by atoms with van der Waals surface area (Å²) in [6.45, 7) is 0. The summed E-state index contributed by atoms with van der Waals surface area (Å²) >= 11 is 0. The van der Waals surface area contributed by atoms with Crippen LogP contribution in [0.1, 0.15) is 5.56 Å². The van der Waals surface area contributed by atoms with E-state index < -0.39 is 0 Å². The molecule has 0 aliphatic heterocycles. The molecular formula is C86H52N6O. The van der Waals surface area contributed by atoms with Crippen LogP contribution in [0.15, 0.2) is 320 Å². The van der Waals surface area contributed by atoms with Crippen molar-refractivity contribution in [3.63, 3.8) is 0 Å². The lowest BCUT2D eigenvalue weighted by Crippen LogP contribution is -2.03. The Kier molecular flexibility index (Phi) is 11.6. The summed E-state index contributed by atoms with van der Waals surface area (Å²) in [6.07, 6.45) is 0. The van der Waals surface area contributed by atoms with E-state index in [1.54, 1.807) is 0 Å². The highest BCUT2D eigenvalue weighted by Crippen LogP contribution is 2.54. The maximum Gasteiger partial charge on any atom is 0.229 e. The van der Waals surface area contributed by atoms with Gasteiger partial charge in [-0.1, -0.05) is 206 Å². The van der Waals surface area contributed by atoms with Crippen LogP contribution in [0.3, 0.4) is 0 Å². The average Bonchev–Trinajstić information content (AvgIpc) is 1.64. The van der Waals surface area contributed by atoms with Crippen molar-refractivity contribution in [2.24, 2.45) is 0 Å². The van der Waals surface area contributed by atoms with Crippen molar-refractivity contribution in [3.8, 4) is 84.8 Å². The highest BCUT2D eigenvalue weighted by molar-refractivity contribution is 6.14. The lowest BCUT2D eigenvalue weighted by molar-refractivity contribution is 0.620. The van der Waals surface area contributed by atoms with E-state index in [1.807, 2.05) is 24.3 Å². The number of rotatable bonds is 9. The Hall–Kier alpha value is -12.8. The fourth-order valence-corrected chi connectivity index (χ4v) is 15.1. The van der Waals surface area contributed by atoms with E-state index in [2.05, 4.69) is 316 Å². The standard InChI is InChI=1S/C86H52N6O/c87-53-70-81(54-37-45-58(46-38-54)89-72-28-10-1-19-62(72)63-20-2-11-29-73(63)89)82(55-39-47-59(48-40-55)90-74-30-12-3-21-64(74)65-22-4-13-31-75(65)90)83(56-41-49-60(50-42-56)91-76-32-14-5-23-66(76)67-24-6-15-33-77(67)91)84(85(70)86-88-71-27-9-18-36-80(71)93-86)57-43-51-61(52-44-57)92-78-34-16-7-25-68(78)69-26-8-17-35-79(69)92/h1-52H. The normalized spacial score (nSPS) is 11.9. The number of oxazole rings is 1. The minimum atomic E-state index is 0.355. The van der Waals surface area contributed by atoms with Crippen LogP contribution in [0.5, 0.6) is 0 Å². The molecule has 0 fully saturated rings. The van der Waals surface area contributed by atoms with Gasteiger partial charge in [0.15, 0.2) is 5.58 Å². The number of nitriles is 1.